The Hall–Kier alpha value is -1.75. The second-order valence-electron chi connectivity index (χ2n) is 3.83. The van der Waals surface area contributed by atoms with Crippen molar-refractivity contribution < 1.29 is 0 Å². The number of rotatable bonds is 1. The molecule has 0 radical (unpaired) electrons. The molecule has 17 heavy (non-hydrogen) atoms. The van der Waals surface area contributed by atoms with Gasteiger partial charge in [0.05, 0.1) is 11.2 Å². The Morgan fingerprint density at radius 2 is 2.06 bits per heavy atom. The summed E-state index contributed by atoms with van der Waals surface area (Å²) in [4.78, 5) is 8.78. The predicted octanol–water partition coefficient (Wildman–Crippen LogP) is 3.09. The lowest BCUT2D eigenvalue weighted by atomic mass is 10.1. The van der Waals surface area contributed by atoms with Crippen molar-refractivity contribution in [1.29, 1.82) is 0 Å². The summed E-state index contributed by atoms with van der Waals surface area (Å²) in [5, 5.41) is 7.91. The van der Waals surface area contributed by atoms with Crippen molar-refractivity contribution in [3.05, 3.63) is 40.8 Å². The van der Waals surface area contributed by atoms with Crippen molar-refractivity contribution in [3.63, 3.8) is 0 Å². The summed E-state index contributed by atoms with van der Waals surface area (Å²) in [5.74, 6) is 0. The highest BCUT2D eigenvalue weighted by Crippen LogP contribution is 2.26. The third kappa shape index (κ3) is 1.82. The van der Waals surface area contributed by atoms with E-state index in [4.69, 9.17) is 0 Å². The first kappa shape index (κ1) is 10.4. The normalized spacial score (nSPS) is 10.9. The number of fused-ring (bicyclic) bond motifs is 1. The molecule has 2 aromatic heterocycles. The smallest absolute Gasteiger partial charge is 0.197 e. The molecule has 0 saturated carbocycles. The van der Waals surface area contributed by atoms with Crippen LogP contribution in [0.2, 0.25) is 0 Å². The van der Waals surface area contributed by atoms with Gasteiger partial charge in [-0.25, -0.2) is 9.97 Å². The van der Waals surface area contributed by atoms with Crippen LogP contribution in [-0.2, 0) is 0 Å². The Morgan fingerprint density at radius 3 is 2.82 bits per heavy atom. The maximum Gasteiger partial charge on any atom is 0.197 e. The Balaban J connectivity index is 2.39. The van der Waals surface area contributed by atoms with Crippen molar-refractivity contribution in [3.8, 4) is 11.4 Å². The fraction of sp³-hybridized carbons (Fsp3) is 0.0833. The van der Waals surface area contributed by atoms with E-state index in [2.05, 4.69) is 49.1 Å². The maximum absolute atomic E-state index is 4.42. The van der Waals surface area contributed by atoms with E-state index in [1.54, 1.807) is 6.20 Å². The Bertz CT molecular complexity index is 676. The summed E-state index contributed by atoms with van der Waals surface area (Å²) in [6.45, 7) is 2.05. The molecule has 0 fully saturated rings. The number of aromatic amines is 1. The van der Waals surface area contributed by atoms with Crippen LogP contribution in [0.25, 0.3) is 22.3 Å². The molecule has 0 atom stereocenters. The standard InChI is InChI=1S/C12H9BrN4/c1-7-2-3-9-8(6-7)11(16-12(13)15-9)10-4-5-14-17-10/h2-6H,1H3,(H,14,17). The van der Waals surface area contributed by atoms with E-state index in [0.29, 0.717) is 4.73 Å². The van der Waals surface area contributed by atoms with Crippen molar-refractivity contribution in [2.45, 2.75) is 6.92 Å². The number of halogens is 1. The van der Waals surface area contributed by atoms with Gasteiger partial charge in [0.15, 0.2) is 4.73 Å². The van der Waals surface area contributed by atoms with Gasteiger partial charge in [-0.15, -0.1) is 0 Å². The third-order valence-corrected chi connectivity index (χ3v) is 2.93. The van der Waals surface area contributed by atoms with Crippen molar-refractivity contribution >= 4 is 26.8 Å². The molecule has 2 heterocycles. The second kappa shape index (κ2) is 3.92. The highest BCUT2D eigenvalue weighted by Gasteiger charge is 2.09. The largest absolute Gasteiger partial charge is 0.276 e. The molecule has 4 nitrogen and oxygen atoms in total. The van der Waals surface area contributed by atoms with E-state index in [0.717, 1.165) is 22.3 Å². The highest BCUT2D eigenvalue weighted by molar-refractivity contribution is 9.10. The van der Waals surface area contributed by atoms with E-state index in [1.807, 2.05) is 18.2 Å². The first-order chi connectivity index (χ1) is 8.24. The number of aromatic nitrogens is 4. The Labute approximate surface area is 106 Å². The minimum atomic E-state index is 0.582. The van der Waals surface area contributed by atoms with E-state index >= 15 is 0 Å². The highest BCUT2D eigenvalue weighted by atomic mass is 79.9. The molecule has 84 valence electrons. The molecule has 0 aliphatic carbocycles. The van der Waals surface area contributed by atoms with Gasteiger partial charge in [0.25, 0.3) is 0 Å². The van der Waals surface area contributed by atoms with Gasteiger partial charge in [0, 0.05) is 11.6 Å². The van der Waals surface area contributed by atoms with Crippen molar-refractivity contribution in [1.82, 2.24) is 20.2 Å². The van der Waals surface area contributed by atoms with Gasteiger partial charge in [-0.3, -0.25) is 5.10 Å². The molecule has 1 aromatic carbocycles. The molecule has 0 aliphatic rings. The summed E-state index contributed by atoms with van der Waals surface area (Å²) < 4.78 is 0.582. The van der Waals surface area contributed by atoms with E-state index in [9.17, 15) is 0 Å². The quantitative estimate of drug-likeness (QED) is 0.700. The zero-order valence-electron chi connectivity index (χ0n) is 9.11. The minimum Gasteiger partial charge on any atom is -0.276 e. The summed E-state index contributed by atoms with van der Waals surface area (Å²) in [5.41, 5.74) is 3.86. The molecule has 1 N–H and O–H groups in total. The Kier molecular flexibility index (Phi) is 2.40. The van der Waals surface area contributed by atoms with Crippen LogP contribution in [0.15, 0.2) is 35.2 Å². The van der Waals surface area contributed by atoms with Crippen LogP contribution in [0.4, 0.5) is 0 Å². The lowest BCUT2D eigenvalue weighted by molar-refractivity contribution is 1.08. The Morgan fingerprint density at radius 1 is 1.18 bits per heavy atom. The lowest BCUT2D eigenvalue weighted by Gasteiger charge is -2.05. The molecule has 0 spiro atoms. The molecule has 0 unspecified atom stereocenters. The summed E-state index contributed by atoms with van der Waals surface area (Å²) in [7, 11) is 0. The van der Waals surface area contributed by atoms with Gasteiger partial charge in [0.1, 0.15) is 5.69 Å². The van der Waals surface area contributed by atoms with Gasteiger partial charge in [-0.2, -0.15) is 5.10 Å². The van der Waals surface area contributed by atoms with Gasteiger partial charge in [-0.05, 0) is 41.1 Å². The van der Waals surface area contributed by atoms with Crippen LogP contribution < -0.4 is 0 Å². The SMILES string of the molecule is Cc1ccc2nc(Br)nc(-c3ccn[nH]3)c2c1. The number of H-pyrrole nitrogens is 1. The summed E-state index contributed by atoms with van der Waals surface area (Å²) in [6.07, 6.45) is 1.72. The fourth-order valence-electron chi connectivity index (χ4n) is 1.81. The second-order valence-corrected chi connectivity index (χ2v) is 4.54. The van der Waals surface area contributed by atoms with Crippen molar-refractivity contribution in [2.75, 3.05) is 0 Å². The van der Waals surface area contributed by atoms with Crippen LogP contribution >= 0.6 is 15.9 Å². The molecule has 0 bridgehead atoms. The number of aryl methyl sites for hydroxylation is 1. The van der Waals surface area contributed by atoms with Crippen LogP contribution in [0, 0.1) is 6.92 Å². The molecule has 0 amide bonds. The van der Waals surface area contributed by atoms with Crippen LogP contribution in [0.3, 0.4) is 0 Å². The molecule has 5 heteroatoms. The zero-order chi connectivity index (χ0) is 11.8. The molecule has 3 rings (SSSR count). The average Bonchev–Trinajstić information content (AvgIpc) is 2.82. The third-order valence-electron chi connectivity index (χ3n) is 2.58. The topological polar surface area (TPSA) is 54.5 Å². The number of benzene rings is 1. The van der Waals surface area contributed by atoms with Gasteiger partial charge < -0.3 is 0 Å². The number of hydrogen-bond acceptors (Lipinski definition) is 3. The zero-order valence-corrected chi connectivity index (χ0v) is 10.7. The summed E-state index contributed by atoms with van der Waals surface area (Å²) in [6, 6.07) is 8.02. The van der Waals surface area contributed by atoms with Gasteiger partial charge >= 0.3 is 0 Å². The average molecular weight is 289 g/mol. The molecule has 0 saturated heterocycles. The fourth-order valence-corrected chi connectivity index (χ4v) is 2.18. The first-order valence-corrected chi connectivity index (χ1v) is 5.97. The predicted molar refractivity (Wildman–Crippen MR) is 69.6 cm³/mol. The van der Waals surface area contributed by atoms with E-state index in [1.165, 1.54) is 5.56 Å². The lowest BCUT2D eigenvalue weighted by Crippen LogP contribution is -1.92. The van der Waals surface area contributed by atoms with E-state index < -0.39 is 0 Å². The molecular weight excluding hydrogens is 280 g/mol. The van der Waals surface area contributed by atoms with Gasteiger partial charge in [-0.1, -0.05) is 11.6 Å². The number of nitrogens with one attached hydrogen (secondary N) is 1. The van der Waals surface area contributed by atoms with Crippen molar-refractivity contribution in [2.24, 2.45) is 0 Å². The van der Waals surface area contributed by atoms with Gasteiger partial charge in [0.2, 0.25) is 0 Å². The van der Waals surface area contributed by atoms with Crippen LogP contribution in [0.5, 0.6) is 0 Å². The van der Waals surface area contributed by atoms with E-state index in [-0.39, 0.29) is 0 Å². The maximum atomic E-state index is 4.42. The first-order valence-electron chi connectivity index (χ1n) is 5.18. The monoisotopic (exact) mass is 288 g/mol. The van der Waals surface area contributed by atoms with Crippen LogP contribution in [-0.4, -0.2) is 20.2 Å². The van der Waals surface area contributed by atoms with Crippen LogP contribution in [0.1, 0.15) is 5.56 Å². The number of nitrogens with zero attached hydrogens (tertiary/aromatic N) is 3. The molecule has 0 aliphatic heterocycles. The molecular formula is C12H9BrN4. The summed E-state index contributed by atoms with van der Waals surface area (Å²) >= 11 is 3.33. The molecule has 3 aromatic rings. The minimum absolute atomic E-state index is 0.582. The number of hydrogen-bond donors (Lipinski definition) is 1.